The normalized spacial score (nSPS) is 15.4. The molecule has 1 aliphatic rings. The maximum Gasteiger partial charge on any atom is 0.266 e. The number of aryl methyl sites for hydroxylation is 2. The van der Waals surface area contributed by atoms with Gasteiger partial charge in [0.05, 0.1) is 4.91 Å². The van der Waals surface area contributed by atoms with E-state index in [-0.39, 0.29) is 11.8 Å². The molecule has 1 aromatic carbocycles. The molecule has 3 rings (SSSR count). The van der Waals surface area contributed by atoms with E-state index in [0.29, 0.717) is 33.8 Å². The summed E-state index contributed by atoms with van der Waals surface area (Å²) in [6.07, 6.45) is 4.64. The topological polar surface area (TPSA) is 75.4 Å². The Morgan fingerprint density at radius 3 is 2.69 bits per heavy atom. The first-order valence-corrected chi connectivity index (χ1v) is 10.7. The number of benzene rings is 1. The molecule has 0 spiro atoms. The Balaban J connectivity index is 1.41. The van der Waals surface area contributed by atoms with Crippen LogP contribution in [0.5, 0.6) is 0 Å². The summed E-state index contributed by atoms with van der Waals surface area (Å²) in [6, 6.07) is 9.71. The maximum atomic E-state index is 12.6. The molecule has 2 heterocycles. The highest BCUT2D eigenvalue weighted by Gasteiger charge is 2.31. The molecule has 1 saturated heterocycles. The van der Waals surface area contributed by atoms with Crippen LogP contribution in [0.2, 0.25) is 0 Å². The van der Waals surface area contributed by atoms with Crippen molar-refractivity contribution >= 4 is 52.0 Å². The van der Waals surface area contributed by atoms with Gasteiger partial charge in [0.15, 0.2) is 5.82 Å². The molecule has 1 N–H and O–H groups in total. The number of rotatable bonds is 8. The van der Waals surface area contributed by atoms with Crippen molar-refractivity contribution in [2.24, 2.45) is 0 Å². The van der Waals surface area contributed by atoms with E-state index in [1.54, 1.807) is 17.9 Å². The van der Waals surface area contributed by atoms with E-state index in [2.05, 4.69) is 10.5 Å². The molecule has 0 aliphatic carbocycles. The summed E-state index contributed by atoms with van der Waals surface area (Å²) in [5.74, 6) is 0.954. The number of anilines is 1. The summed E-state index contributed by atoms with van der Waals surface area (Å²) in [7, 11) is 0. The van der Waals surface area contributed by atoms with Crippen LogP contribution >= 0.6 is 24.0 Å². The average molecular weight is 430 g/mol. The molecule has 8 heteroatoms. The van der Waals surface area contributed by atoms with E-state index in [1.807, 2.05) is 37.3 Å². The molecular weight excluding hydrogens is 406 g/mol. The fraction of sp³-hybridized carbons (Fsp3) is 0.333. The highest BCUT2D eigenvalue weighted by Crippen LogP contribution is 2.32. The Labute approximate surface area is 179 Å². The lowest BCUT2D eigenvalue weighted by Gasteiger charge is -2.14. The minimum absolute atomic E-state index is 0.0419. The lowest BCUT2D eigenvalue weighted by Crippen LogP contribution is -2.29. The number of hydrogen-bond donors (Lipinski definition) is 1. The maximum absolute atomic E-state index is 12.6. The summed E-state index contributed by atoms with van der Waals surface area (Å²) < 4.78 is 5.51. The largest absolute Gasteiger partial charge is 0.360 e. The van der Waals surface area contributed by atoms with Crippen LogP contribution in [0.15, 0.2) is 39.8 Å². The lowest BCUT2D eigenvalue weighted by atomic mass is 10.1. The van der Waals surface area contributed by atoms with Gasteiger partial charge in [0.2, 0.25) is 5.91 Å². The Bertz CT molecular complexity index is 935. The third kappa shape index (κ3) is 6.01. The van der Waals surface area contributed by atoms with Crippen molar-refractivity contribution < 1.29 is 14.1 Å². The second kappa shape index (κ2) is 9.84. The van der Waals surface area contributed by atoms with Crippen LogP contribution in [0.4, 0.5) is 5.82 Å². The van der Waals surface area contributed by atoms with Crippen molar-refractivity contribution in [1.29, 1.82) is 0 Å². The number of hydrogen-bond acceptors (Lipinski definition) is 6. The number of thiocarbonyl (C=S) groups is 1. The number of amides is 2. The molecule has 2 aromatic rings. The standard InChI is InChI=1S/C21H23N3O3S2/c1-14-7-9-16(10-8-14)13-17-20(26)24(21(28)29-17)11-5-3-4-6-19(25)22-18-12-15(2)27-23-18/h7-10,12-13H,3-6,11H2,1-2H3,(H,22,23,25)/b17-13-. The Hall–Kier alpha value is -2.45. The molecular formula is C21H23N3O3S2. The second-order valence-electron chi connectivity index (χ2n) is 6.93. The molecule has 2 amide bonds. The zero-order chi connectivity index (χ0) is 20.8. The van der Waals surface area contributed by atoms with E-state index >= 15 is 0 Å². The predicted molar refractivity (Wildman–Crippen MR) is 119 cm³/mol. The molecule has 0 bridgehead atoms. The van der Waals surface area contributed by atoms with E-state index < -0.39 is 0 Å². The predicted octanol–water partition coefficient (Wildman–Crippen LogP) is 4.69. The lowest BCUT2D eigenvalue weighted by molar-refractivity contribution is -0.122. The molecule has 1 fully saturated rings. The van der Waals surface area contributed by atoms with Gasteiger partial charge in [0.25, 0.3) is 5.91 Å². The monoisotopic (exact) mass is 429 g/mol. The van der Waals surface area contributed by atoms with E-state index in [0.717, 1.165) is 24.8 Å². The van der Waals surface area contributed by atoms with Gasteiger partial charge in [-0.1, -0.05) is 65.4 Å². The Morgan fingerprint density at radius 2 is 2.00 bits per heavy atom. The van der Waals surface area contributed by atoms with Crippen LogP contribution in [0.25, 0.3) is 6.08 Å². The smallest absolute Gasteiger partial charge is 0.266 e. The minimum atomic E-state index is -0.0926. The summed E-state index contributed by atoms with van der Waals surface area (Å²) in [6.45, 7) is 4.37. The van der Waals surface area contributed by atoms with Crippen molar-refractivity contribution in [1.82, 2.24) is 10.1 Å². The number of nitrogens with zero attached hydrogens (tertiary/aromatic N) is 2. The Morgan fingerprint density at radius 1 is 1.24 bits per heavy atom. The molecule has 0 saturated carbocycles. The third-order valence-corrected chi connectivity index (χ3v) is 5.81. The average Bonchev–Trinajstić information content (AvgIpc) is 3.20. The number of carbonyl (C=O) groups excluding carboxylic acids is 2. The van der Waals surface area contributed by atoms with Gasteiger partial charge >= 0.3 is 0 Å². The molecule has 0 atom stereocenters. The van der Waals surface area contributed by atoms with Crippen LogP contribution in [-0.2, 0) is 9.59 Å². The highest BCUT2D eigenvalue weighted by atomic mass is 32.2. The first kappa shape index (κ1) is 21.3. The summed E-state index contributed by atoms with van der Waals surface area (Å²) in [5.41, 5.74) is 2.17. The molecule has 152 valence electrons. The fourth-order valence-electron chi connectivity index (χ4n) is 2.87. The van der Waals surface area contributed by atoms with Crippen molar-refractivity contribution in [2.75, 3.05) is 11.9 Å². The van der Waals surface area contributed by atoms with Crippen molar-refractivity contribution in [3.05, 3.63) is 52.1 Å². The SMILES string of the molecule is Cc1ccc(/C=C2\SC(=S)N(CCCCCC(=O)Nc3cc(C)on3)C2=O)cc1. The number of nitrogens with one attached hydrogen (secondary N) is 1. The number of unbranched alkanes of at least 4 members (excludes halogenated alkanes) is 2. The first-order valence-electron chi connectivity index (χ1n) is 9.47. The van der Waals surface area contributed by atoms with Crippen molar-refractivity contribution in [3.8, 4) is 0 Å². The minimum Gasteiger partial charge on any atom is -0.360 e. The summed E-state index contributed by atoms with van der Waals surface area (Å²) in [5, 5.41) is 6.44. The van der Waals surface area contributed by atoms with Gasteiger partial charge in [-0.05, 0) is 38.3 Å². The van der Waals surface area contributed by atoms with Crippen molar-refractivity contribution in [3.63, 3.8) is 0 Å². The van der Waals surface area contributed by atoms with Crippen LogP contribution in [0, 0.1) is 13.8 Å². The third-order valence-electron chi connectivity index (χ3n) is 4.43. The van der Waals surface area contributed by atoms with Crippen LogP contribution in [0.1, 0.15) is 42.6 Å². The number of carbonyl (C=O) groups is 2. The molecule has 1 aliphatic heterocycles. The van der Waals surface area contributed by atoms with Crippen LogP contribution in [0.3, 0.4) is 0 Å². The van der Waals surface area contributed by atoms with Gasteiger partial charge in [-0.15, -0.1) is 0 Å². The molecule has 0 radical (unpaired) electrons. The quantitative estimate of drug-likeness (QED) is 0.373. The zero-order valence-electron chi connectivity index (χ0n) is 16.4. The van der Waals surface area contributed by atoms with Gasteiger partial charge in [-0.25, -0.2) is 0 Å². The zero-order valence-corrected chi connectivity index (χ0v) is 18.1. The van der Waals surface area contributed by atoms with E-state index in [1.165, 1.54) is 17.3 Å². The molecule has 29 heavy (non-hydrogen) atoms. The molecule has 0 unspecified atom stereocenters. The second-order valence-corrected chi connectivity index (χ2v) is 8.60. The van der Waals surface area contributed by atoms with Crippen LogP contribution < -0.4 is 5.32 Å². The summed E-state index contributed by atoms with van der Waals surface area (Å²) >= 11 is 6.72. The van der Waals surface area contributed by atoms with Crippen LogP contribution in [-0.4, -0.2) is 32.7 Å². The summed E-state index contributed by atoms with van der Waals surface area (Å²) in [4.78, 5) is 26.8. The Kier molecular flexibility index (Phi) is 7.22. The number of thioether (sulfide) groups is 1. The highest BCUT2D eigenvalue weighted by molar-refractivity contribution is 8.26. The van der Waals surface area contributed by atoms with Gasteiger partial charge < -0.3 is 9.84 Å². The van der Waals surface area contributed by atoms with Gasteiger partial charge in [-0.3, -0.25) is 14.5 Å². The molecule has 1 aromatic heterocycles. The first-order chi connectivity index (χ1) is 13.9. The van der Waals surface area contributed by atoms with Crippen molar-refractivity contribution in [2.45, 2.75) is 39.5 Å². The van der Waals surface area contributed by atoms with Gasteiger partial charge in [0.1, 0.15) is 10.1 Å². The van der Waals surface area contributed by atoms with Gasteiger partial charge in [-0.2, -0.15) is 0 Å². The van der Waals surface area contributed by atoms with E-state index in [9.17, 15) is 9.59 Å². The van der Waals surface area contributed by atoms with Gasteiger partial charge in [0, 0.05) is 19.0 Å². The number of aromatic nitrogens is 1. The van der Waals surface area contributed by atoms with E-state index in [4.69, 9.17) is 16.7 Å². The molecule has 6 nitrogen and oxygen atoms in total. The fourth-order valence-corrected chi connectivity index (χ4v) is 4.18.